The van der Waals surface area contributed by atoms with Crippen molar-refractivity contribution in [2.24, 2.45) is 11.3 Å². The van der Waals surface area contributed by atoms with Crippen molar-refractivity contribution in [1.82, 2.24) is 14.5 Å². The molecule has 2 atom stereocenters. The highest BCUT2D eigenvalue weighted by Crippen LogP contribution is 2.41. The van der Waals surface area contributed by atoms with E-state index in [4.69, 9.17) is 0 Å². The Bertz CT molecular complexity index is 1230. The van der Waals surface area contributed by atoms with Gasteiger partial charge in [-0.05, 0) is 60.4 Å². The topological polar surface area (TPSA) is 42.7 Å². The number of anilines is 1. The Morgan fingerprint density at radius 2 is 1.75 bits per heavy atom. The van der Waals surface area contributed by atoms with E-state index in [2.05, 4.69) is 54.4 Å². The summed E-state index contributed by atoms with van der Waals surface area (Å²) in [5, 5.41) is 4.77. The van der Waals surface area contributed by atoms with E-state index in [1.54, 1.807) is 18.5 Å². The Kier molecular flexibility index (Phi) is 5.20. The summed E-state index contributed by atoms with van der Waals surface area (Å²) in [6, 6.07) is 17.2. The molecule has 0 spiro atoms. The third kappa shape index (κ3) is 3.99. The van der Waals surface area contributed by atoms with Gasteiger partial charge in [-0.3, -0.25) is 0 Å². The van der Waals surface area contributed by atoms with Crippen LogP contribution in [0.1, 0.15) is 40.0 Å². The minimum absolute atomic E-state index is 0.250. The molecule has 4 aromatic rings. The number of hydrogen-bond donors (Lipinski definition) is 1. The van der Waals surface area contributed by atoms with Crippen LogP contribution in [0.25, 0.3) is 27.8 Å². The molecule has 1 aliphatic rings. The molecule has 1 N–H and O–H groups in total. The Morgan fingerprint density at radius 3 is 2.47 bits per heavy atom. The first-order chi connectivity index (χ1) is 15.4. The molecule has 4 nitrogen and oxygen atoms in total. The van der Waals surface area contributed by atoms with Crippen LogP contribution in [0.5, 0.6) is 0 Å². The van der Waals surface area contributed by atoms with E-state index in [0.717, 1.165) is 46.5 Å². The lowest BCUT2D eigenvalue weighted by molar-refractivity contribution is 0.178. The smallest absolute Gasteiger partial charge is 0.150 e. The molecule has 2 heterocycles. The van der Waals surface area contributed by atoms with Gasteiger partial charge in [0.1, 0.15) is 18.0 Å². The lowest BCUT2D eigenvalue weighted by Gasteiger charge is -2.39. The molecule has 1 saturated carbocycles. The largest absolute Gasteiger partial charge is 0.367 e. The van der Waals surface area contributed by atoms with Crippen molar-refractivity contribution >= 4 is 16.9 Å². The number of hydrogen-bond acceptors (Lipinski definition) is 3. The fourth-order valence-corrected chi connectivity index (χ4v) is 5.46. The molecule has 0 amide bonds. The van der Waals surface area contributed by atoms with Crippen LogP contribution in [0.4, 0.5) is 10.2 Å². The Balaban J connectivity index is 1.65. The van der Waals surface area contributed by atoms with Crippen molar-refractivity contribution in [2.45, 2.75) is 46.1 Å². The molecular weight excluding hydrogens is 399 g/mol. The summed E-state index contributed by atoms with van der Waals surface area (Å²) < 4.78 is 15.6. The van der Waals surface area contributed by atoms with Crippen LogP contribution >= 0.6 is 0 Å². The van der Waals surface area contributed by atoms with Crippen LogP contribution in [0.2, 0.25) is 0 Å². The maximum absolute atomic E-state index is 13.6. The molecule has 32 heavy (non-hydrogen) atoms. The van der Waals surface area contributed by atoms with Gasteiger partial charge in [0.25, 0.3) is 0 Å². The first-order valence-electron chi connectivity index (χ1n) is 11.3. The van der Waals surface area contributed by atoms with Crippen molar-refractivity contribution in [1.29, 1.82) is 0 Å². The van der Waals surface area contributed by atoms with Gasteiger partial charge in [0.05, 0.1) is 5.39 Å². The van der Waals surface area contributed by atoms with Gasteiger partial charge in [-0.25, -0.2) is 14.4 Å². The fourth-order valence-electron chi connectivity index (χ4n) is 5.46. The highest BCUT2D eigenvalue weighted by atomic mass is 19.1. The molecule has 0 bridgehead atoms. The third-order valence-corrected chi connectivity index (χ3v) is 6.50. The van der Waals surface area contributed by atoms with Gasteiger partial charge in [-0.15, -0.1) is 0 Å². The van der Waals surface area contributed by atoms with Crippen molar-refractivity contribution in [3.63, 3.8) is 0 Å². The molecule has 1 aliphatic carbocycles. The lowest BCUT2D eigenvalue weighted by Crippen LogP contribution is -2.35. The molecular formula is C27H29FN4. The number of nitrogens with one attached hydrogen (secondary N) is 1. The summed E-state index contributed by atoms with van der Waals surface area (Å²) in [6.07, 6.45) is 7.20. The van der Waals surface area contributed by atoms with Crippen LogP contribution in [-0.4, -0.2) is 20.6 Å². The van der Waals surface area contributed by atoms with Crippen LogP contribution in [0.3, 0.4) is 0 Å². The van der Waals surface area contributed by atoms with Crippen LogP contribution in [-0.2, 0) is 0 Å². The van der Waals surface area contributed by atoms with Crippen LogP contribution < -0.4 is 5.32 Å². The number of aromatic nitrogens is 3. The zero-order chi connectivity index (χ0) is 22.3. The monoisotopic (exact) mass is 428 g/mol. The molecule has 0 aliphatic heterocycles. The molecule has 2 aromatic carbocycles. The van der Waals surface area contributed by atoms with Crippen molar-refractivity contribution in [3.8, 4) is 16.8 Å². The first kappa shape index (κ1) is 20.7. The molecule has 164 valence electrons. The van der Waals surface area contributed by atoms with E-state index >= 15 is 0 Å². The van der Waals surface area contributed by atoms with E-state index in [0.29, 0.717) is 17.4 Å². The van der Waals surface area contributed by atoms with Gasteiger partial charge in [0.2, 0.25) is 0 Å². The zero-order valence-electron chi connectivity index (χ0n) is 18.8. The lowest BCUT2D eigenvalue weighted by atomic mass is 9.70. The van der Waals surface area contributed by atoms with E-state index in [1.807, 2.05) is 22.8 Å². The quantitative estimate of drug-likeness (QED) is 0.386. The Morgan fingerprint density at radius 1 is 1.00 bits per heavy atom. The molecule has 2 aromatic heterocycles. The molecule has 0 radical (unpaired) electrons. The van der Waals surface area contributed by atoms with Crippen molar-refractivity contribution < 1.29 is 4.39 Å². The van der Waals surface area contributed by atoms with Gasteiger partial charge >= 0.3 is 0 Å². The van der Waals surface area contributed by atoms with Crippen molar-refractivity contribution in [2.75, 3.05) is 5.32 Å². The summed E-state index contributed by atoms with van der Waals surface area (Å²) in [5.41, 5.74) is 4.17. The van der Waals surface area contributed by atoms with Gasteiger partial charge in [-0.2, -0.15) is 0 Å². The molecule has 0 unspecified atom stereocenters. The van der Waals surface area contributed by atoms with Gasteiger partial charge in [0, 0.05) is 23.5 Å². The van der Waals surface area contributed by atoms with Gasteiger partial charge < -0.3 is 9.88 Å². The molecule has 0 saturated heterocycles. The van der Waals surface area contributed by atoms with Gasteiger partial charge in [-0.1, -0.05) is 51.1 Å². The van der Waals surface area contributed by atoms with E-state index < -0.39 is 0 Å². The second kappa shape index (κ2) is 8.05. The Hall–Kier alpha value is -3.21. The maximum Gasteiger partial charge on any atom is 0.150 e. The van der Waals surface area contributed by atoms with Crippen LogP contribution in [0, 0.1) is 17.2 Å². The SMILES string of the molecule is C[C@@H]1C[C@H](Nc2ncnc3c2c(-c2ccccc2)cn3-c2ccc(F)cc2)CC(C)(C)C1. The van der Waals surface area contributed by atoms with E-state index in [-0.39, 0.29) is 5.82 Å². The van der Waals surface area contributed by atoms with Gasteiger partial charge in [0.15, 0.2) is 5.65 Å². The minimum atomic E-state index is -0.250. The first-order valence-corrected chi connectivity index (χ1v) is 11.3. The van der Waals surface area contributed by atoms with E-state index in [1.165, 1.54) is 18.6 Å². The summed E-state index contributed by atoms with van der Waals surface area (Å²) in [4.78, 5) is 9.33. The second-order valence-electron chi connectivity index (χ2n) is 9.93. The summed E-state index contributed by atoms with van der Waals surface area (Å²) in [7, 11) is 0. The summed E-state index contributed by atoms with van der Waals surface area (Å²) in [6.45, 7) is 7.05. The summed E-state index contributed by atoms with van der Waals surface area (Å²) in [5.74, 6) is 1.29. The zero-order valence-corrected chi connectivity index (χ0v) is 18.8. The number of fused-ring (bicyclic) bond motifs is 1. The minimum Gasteiger partial charge on any atom is -0.367 e. The highest BCUT2D eigenvalue weighted by Gasteiger charge is 2.32. The Labute approximate surface area is 188 Å². The van der Waals surface area contributed by atoms with E-state index in [9.17, 15) is 4.39 Å². The number of rotatable bonds is 4. The standard InChI is InChI=1S/C27H29FN4/c1-18-13-21(15-27(2,3)14-18)31-25-24-23(19-7-5-4-6-8-19)16-32(26(24)30-17-29-25)22-11-9-20(28)10-12-22/h4-12,16-18,21H,13-15H2,1-3H3,(H,29,30,31)/t18-,21+/m1/s1. The second-order valence-corrected chi connectivity index (χ2v) is 9.93. The van der Waals surface area contributed by atoms with Crippen molar-refractivity contribution in [3.05, 3.63) is 72.9 Å². The number of benzene rings is 2. The third-order valence-electron chi connectivity index (χ3n) is 6.50. The predicted octanol–water partition coefficient (Wildman–Crippen LogP) is 6.85. The number of nitrogens with zero attached hydrogens (tertiary/aromatic N) is 3. The molecule has 5 rings (SSSR count). The molecule has 1 fully saturated rings. The van der Waals surface area contributed by atoms with Crippen LogP contribution in [0.15, 0.2) is 67.1 Å². The normalized spacial score (nSPS) is 20.4. The number of halogens is 1. The fraction of sp³-hybridized carbons (Fsp3) is 0.333. The average molecular weight is 429 g/mol. The highest BCUT2D eigenvalue weighted by molar-refractivity contribution is 6.02. The molecule has 5 heteroatoms. The summed E-state index contributed by atoms with van der Waals surface area (Å²) >= 11 is 0. The average Bonchev–Trinajstić information content (AvgIpc) is 3.14. The maximum atomic E-state index is 13.6. The predicted molar refractivity (Wildman–Crippen MR) is 128 cm³/mol.